The molecule has 0 spiro atoms. The summed E-state index contributed by atoms with van der Waals surface area (Å²) >= 11 is 0. The number of likely N-dealkylation sites (N-methyl/N-ethyl adjacent to an activating group) is 2. The lowest BCUT2D eigenvalue weighted by molar-refractivity contribution is 0.162. The van der Waals surface area contributed by atoms with Crippen molar-refractivity contribution in [3.8, 4) is 0 Å². The van der Waals surface area contributed by atoms with E-state index in [-0.39, 0.29) is 0 Å². The summed E-state index contributed by atoms with van der Waals surface area (Å²) in [6.45, 7) is 6.57. The van der Waals surface area contributed by atoms with Crippen molar-refractivity contribution in [2.24, 2.45) is 5.92 Å². The molecule has 1 aliphatic carbocycles. The van der Waals surface area contributed by atoms with E-state index >= 15 is 0 Å². The SMILES string of the molecule is CCN(CC(NC)C1CCOC1)C1CC1. The second-order valence-electron chi connectivity index (χ2n) is 4.84. The molecule has 1 heterocycles. The quantitative estimate of drug-likeness (QED) is 0.713. The number of hydrogen-bond donors (Lipinski definition) is 1. The summed E-state index contributed by atoms with van der Waals surface area (Å²) in [5.74, 6) is 0.725. The van der Waals surface area contributed by atoms with Gasteiger partial charge in [0.1, 0.15) is 0 Å². The average Bonchev–Trinajstić information content (AvgIpc) is 2.95. The fraction of sp³-hybridized carbons (Fsp3) is 1.00. The maximum absolute atomic E-state index is 5.47. The molecule has 88 valence electrons. The van der Waals surface area contributed by atoms with Crippen molar-refractivity contribution in [1.82, 2.24) is 10.2 Å². The largest absolute Gasteiger partial charge is 0.381 e. The van der Waals surface area contributed by atoms with Gasteiger partial charge in [0, 0.05) is 31.2 Å². The van der Waals surface area contributed by atoms with Crippen molar-refractivity contribution in [2.45, 2.75) is 38.3 Å². The van der Waals surface area contributed by atoms with Gasteiger partial charge in [-0.05, 0) is 32.9 Å². The van der Waals surface area contributed by atoms with E-state index < -0.39 is 0 Å². The van der Waals surface area contributed by atoms with Crippen LogP contribution in [0.1, 0.15) is 26.2 Å². The molecule has 2 unspecified atom stereocenters. The van der Waals surface area contributed by atoms with E-state index in [0.29, 0.717) is 6.04 Å². The van der Waals surface area contributed by atoms with Crippen molar-refractivity contribution in [2.75, 3.05) is 33.4 Å². The highest BCUT2D eigenvalue weighted by Crippen LogP contribution is 2.28. The summed E-state index contributed by atoms with van der Waals surface area (Å²) in [4.78, 5) is 2.62. The summed E-state index contributed by atoms with van der Waals surface area (Å²) < 4.78 is 5.47. The molecular weight excluding hydrogens is 188 g/mol. The van der Waals surface area contributed by atoms with E-state index in [2.05, 4.69) is 24.2 Å². The van der Waals surface area contributed by atoms with Crippen molar-refractivity contribution in [3.63, 3.8) is 0 Å². The Morgan fingerprint density at radius 3 is 2.67 bits per heavy atom. The molecular formula is C12H24N2O. The van der Waals surface area contributed by atoms with Crippen LogP contribution < -0.4 is 5.32 Å². The lowest BCUT2D eigenvalue weighted by atomic mass is 9.98. The zero-order valence-corrected chi connectivity index (χ0v) is 10.0. The van der Waals surface area contributed by atoms with Crippen LogP contribution in [0.25, 0.3) is 0 Å². The van der Waals surface area contributed by atoms with Gasteiger partial charge in [-0.3, -0.25) is 4.90 Å². The fourth-order valence-corrected chi connectivity index (χ4v) is 2.57. The third-order valence-corrected chi connectivity index (χ3v) is 3.81. The van der Waals surface area contributed by atoms with E-state index in [1.807, 2.05) is 0 Å². The molecule has 2 rings (SSSR count). The van der Waals surface area contributed by atoms with E-state index in [1.54, 1.807) is 0 Å². The molecule has 0 aromatic rings. The van der Waals surface area contributed by atoms with Crippen LogP contribution in [0.5, 0.6) is 0 Å². The Morgan fingerprint density at radius 2 is 2.20 bits per heavy atom. The maximum atomic E-state index is 5.47. The van der Waals surface area contributed by atoms with Gasteiger partial charge in [0.2, 0.25) is 0 Å². The molecule has 2 fully saturated rings. The molecule has 0 radical (unpaired) electrons. The summed E-state index contributed by atoms with van der Waals surface area (Å²) in [6.07, 6.45) is 4.05. The fourth-order valence-electron chi connectivity index (χ4n) is 2.57. The molecule has 15 heavy (non-hydrogen) atoms. The zero-order valence-electron chi connectivity index (χ0n) is 10.0. The highest BCUT2D eigenvalue weighted by molar-refractivity contribution is 4.88. The molecule has 0 bridgehead atoms. The van der Waals surface area contributed by atoms with Gasteiger partial charge in [0.05, 0.1) is 6.61 Å². The molecule has 3 heteroatoms. The number of nitrogens with one attached hydrogen (secondary N) is 1. The van der Waals surface area contributed by atoms with Crippen molar-refractivity contribution < 1.29 is 4.74 Å². The van der Waals surface area contributed by atoms with E-state index in [1.165, 1.54) is 32.4 Å². The first kappa shape index (κ1) is 11.4. The topological polar surface area (TPSA) is 24.5 Å². The lowest BCUT2D eigenvalue weighted by Crippen LogP contribution is -2.45. The molecule has 0 aromatic carbocycles. The highest BCUT2D eigenvalue weighted by atomic mass is 16.5. The average molecular weight is 212 g/mol. The highest BCUT2D eigenvalue weighted by Gasteiger charge is 2.32. The summed E-state index contributed by atoms with van der Waals surface area (Å²) in [6, 6.07) is 1.50. The van der Waals surface area contributed by atoms with Crippen LogP contribution in [0.4, 0.5) is 0 Å². The lowest BCUT2D eigenvalue weighted by Gasteiger charge is -2.29. The van der Waals surface area contributed by atoms with Gasteiger partial charge in [-0.25, -0.2) is 0 Å². The summed E-state index contributed by atoms with van der Waals surface area (Å²) in [5.41, 5.74) is 0. The predicted octanol–water partition coefficient (Wildman–Crippen LogP) is 1.10. The third kappa shape index (κ3) is 2.92. The monoisotopic (exact) mass is 212 g/mol. The summed E-state index contributed by atoms with van der Waals surface area (Å²) in [5, 5.41) is 3.47. The first-order valence-electron chi connectivity index (χ1n) is 6.34. The van der Waals surface area contributed by atoms with Crippen LogP contribution in [0.3, 0.4) is 0 Å². The van der Waals surface area contributed by atoms with Crippen LogP contribution in [-0.4, -0.2) is 50.3 Å². The Balaban J connectivity index is 1.82. The van der Waals surface area contributed by atoms with E-state index in [4.69, 9.17) is 4.74 Å². The summed E-state index contributed by atoms with van der Waals surface area (Å²) in [7, 11) is 2.09. The van der Waals surface area contributed by atoms with Crippen molar-refractivity contribution in [1.29, 1.82) is 0 Å². The number of nitrogens with zero attached hydrogens (tertiary/aromatic N) is 1. The Morgan fingerprint density at radius 1 is 1.40 bits per heavy atom. The van der Waals surface area contributed by atoms with Gasteiger partial charge in [0.25, 0.3) is 0 Å². The molecule has 3 nitrogen and oxygen atoms in total. The second-order valence-corrected chi connectivity index (χ2v) is 4.84. The smallest absolute Gasteiger partial charge is 0.0510 e. The molecule has 1 aliphatic heterocycles. The minimum Gasteiger partial charge on any atom is -0.381 e. The van der Waals surface area contributed by atoms with Gasteiger partial charge in [0.15, 0.2) is 0 Å². The second kappa shape index (κ2) is 5.28. The maximum Gasteiger partial charge on any atom is 0.0510 e. The molecule has 1 N–H and O–H groups in total. The normalized spacial score (nSPS) is 28.6. The zero-order chi connectivity index (χ0) is 10.7. The Kier molecular flexibility index (Phi) is 4.00. The van der Waals surface area contributed by atoms with Gasteiger partial charge in [-0.2, -0.15) is 0 Å². The molecule has 1 saturated carbocycles. The van der Waals surface area contributed by atoms with Gasteiger partial charge in [-0.15, -0.1) is 0 Å². The molecule has 0 amide bonds. The van der Waals surface area contributed by atoms with Crippen molar-refractivity contribution in [3.05, 3.63) is 0 Å². The number of hydrogen-bond acceptors (Lipinski definition) is 3. The van der Waals surface area contributed by atoms with Crippen LogP contribution in [-0.2, 0) is 4.74 Å². The Labute approximate surface area is 93.2 Å². The minimum atomic E-state index is 0.619. The van der Waals surface area contributed by atoms with Gasteiger partial charge < -0.3 is 10.1 Å². The number of rotatable bonds is 6. The standard InChI is InChI=1S/C12H24N2O/c1-3-14(11-4-5-11)8-12(13-2)10-6-7-15-9-10/h10-13H,3-9H2,1-2H3. The first-order chi connectivity index (χ1) is 7.35. The van der Waals surface area contributed by atoms with Crippen LogP contribution in [0.15, 0.2) is 0 Å². The number of ether oxygens (including phenoxy) is 1. The van der Waals surface area contributed by atoms with E-state index in [0.717, 1.165) is 25.2 Å². The Hall–Kier alpha value is -0.120. The first-order valence-corrected chi connectivity index (χ1v) is 6.34. The molecule has 0 aromatic heterocycles. The molecule has 1 saturated heterocycles. The van der Waals surface area contributed by atoms with E-state index in [9.17, 15) is 0 Å². The van der Waals surface area contributed by atoms with Crippen LogP contribution in [0, 0.1) is 5.92 Å². The van der Waals surface area contributed by atoms with Crippen molar-refractivity contribution >= 4 is 0 Å². The van der Waals surface area contributed by atoms with Crippen LogP contribution >= 0.6 is 0 Å². The molecule has 2 atom stereocenters. The van der Waals surface area contributed by atoms with Crippen LogP contribution in [0.2, 0.25) is 0 Å². The third-order valence-electron chi connectivity index (χ3n) is 3.81. The minimum absolute atomic E-state index is 0.619. The molecule has 2 aliphatic rings. The van der Waals surface area contributed by atoms with Gasteiger partial charge >= 0.3 is 0 Å². The Bertz CT molecular complexity index is 188. The predicted molar refractivity (Wildman–Crippen MR) is 62.0 cm³/mol. The van der Waals surface area contributed by atoms with Gasteiger partial charge in [-0.1, -0.05) is 6.92 Å².